The molecular weight excluding hydrogens is 382 g/mol. The molecule has 1 aromatic heterocycles. The number of hydrogen-bond acceptors (Lipinski definition) is 5. The average Bonchev–Trinajstić information content (AvgIpc) is 3.29. The van der Waals surface area contributed by atoms with Gasteiger partial charge in [-0.25, -0.2) is 4.98 Å². The van der Waals surface area contributed by atoms with Crippen LogP contribution in [0.15, 0.2) is 18.2 Å². The molecule has 3 rings (SSSR count). The molecule has 2 heterocycles. The van der Waals surface area contributed by atoms with Gasteiger partial charge in [-0.05, 0) is 44.6 Å². The molecule has 1 atom stereocenters. The number of likely N-dealkylation sites (N-methyl/N-ethyl adjacent to an activating group) is 1. The van der Waals surface area contributed by atoms with Crippen LogP contribution in [0.3, 0.4) is 0 Å². The van der Waals surface area contributed by atoms with Crippen molar-refractivity contribution in [2.75, 3.05) is 33.3 Å². The SMILES string of the molecule is CCN(CC)C1CCN(C(=O)c2sc(-c3cc(Cl)ccc3OC)nc2C)C1. The van der Waals surface area contributed by atoms with Crippen LogP contribution in [0.1, 0.15) is 35.6 Å². The Morgan fingerprint density at radius 1 is 1.41 bits per heavy atom. The number of methoxy groups -OCH3 is 1. The van der Waals surface area contributed by atoms with Gasteiger partial charge < -0.3 is 9.64 Å². The molecule has 1 aliphatic heterocycles. The van der Waals surface area contributed by atoms with E-state index >= 15 is 0 Å². The Kier molecular flexibility index (Phi) is 6.40. The van der Waals surface area contributed by atoms with Crippen LogP contribution in [-0.2, 0) is 0 Å². The quantitative estimate of drug-likeness (QED) is 0.714. The van der Waals surface area contributed by atoms with E-state index in [0.29, 0.717) is 21.7 Å². The number of carbonyl (C=O) groups excluding carboxylic acids is 1. The minimum Gasteiger partial charge on any atom is -0.496 e. The second-order valence-corrected chi connectivity index (χ2v) is 8.13. The third kappa shape index (κ3) is 4.13. The summed E-state index contributed by atoms with van der Waals surface area (Å²) in [6, 6.07) is 5.89. The molecular formula is C20H26ClN3O2S. The second-order valence-electron chi connectivity index (χ2n) is 6.69. The van der Waals surface area contributed by atoms with Crippen molar-refractivity contribution in [3.8, 4) is 16.3 Å². The topological polar surface area (TPSA) is 45.7 Å². The van der Waals surface area contributed by atoms with Gasteiger partial charge in [0.2, 0.25) is 0 Å². The van der Waals surface area contributed by atoms with Gasteiger partial charge in [-0.3, -0.25) is 9.69 Å². The number of thiazole rings is 1. The van der Waals surface area contributed by atoms with Crippen molar-refractivity contribution >= 4 is 28.8 Å². The lowest BCUT2D eigenvalue weighted by Crippen LogP contribution is -2.38. The van der Waals surface area contributed by atoms with E-state index in [1.165, 1.54) is 11.3 Å². The average molecular weight is 408 g/mol. The maximum absolute atomic E-state index is 13.1. The van der Waals surface area contributed by atoms with E-state index in [1.807, 2.05) is 24.0 Å². The summed E-state index contributed by atoms with van der Waals surface area (Å²) in [6.07, 6.45) is 1.03. The van der Waals surface area contributed by atoms with Gasteiger partial charge in [0.15, 0.2) is 0 Å². The Bertz CT molecular complexity index is 820. The van der Waals surface area contributed by atoms with E-state index in [2.05, 4.69) is 23.7 Å². The molecule has 0 N–H and O–H groups in total. The number of likely N-dealkylation sites (tertiary alicyclic amines) is 1. The van der Waals surface area contributed by atoms with Crippen molar-refractivity contribution in [2.24, 2.45) is 0 Å². The van der Waals surface area contributed by atoms with E-state index in [4.69, 9.17) is 16.3 Å². The zero-order valence-electron chi connectivity index (χ0n) is 16.3. The highest BCUT2D eigenvalue weighted by atomic mass is 35.5. The van der Waals surface area contributed by atoms with Gasteiger partial charge in [0.05, 0.1) is 18.4 Å². The lowest BCUT2D eigenvalue weighted by molar-refractivity contribution is 0.0782. The summed E-state index contributed by atoms with van der Waals surface area (Å²) in [4.78, 5) is 22.8. The predicted molar refractivity (Wildman–Crippen MR) is 111 cm³/mol. The molecule has 0 aliphatic carbocycles. The van der Waals surface area contributed by atoms with Gasteiger partial charge in [0.25, 0.3) is 5.91 Å². The number of ether oxygens (including phenoxy) is 1. The summed E-state index contributed by atoms with van der Waals surface area (Å²) in [5.41, 5.74) is 1.58. The van der Waals surface area contributed by atoms with Crippen LogP contribution in [0.25, 0.3) is 10.6 Å². The molecule has 7 heteroatoms. The molecule has 1 aliphatic rings. The van der Waals surface area contributed by atoms with Crippen molar-refractivity contribution in [3.05, 3.63) is 33.8 Å². The molecule has 0 saturated carbocycles. The fourth-order valence-corrected chi connectivity index (χ4v) is 4.89. The first-order valence-corrected chi connectivity index (χ1v) is 10.5. The van der Waals surface area contributed by atoms with Crippen molar-refractivity contribution in [2.45, 2.75) is 33.2 Å². The number of nitrogens with zero attached hydrogens (tertiary/aromatic N) is 3. The fraction of sp³-hybridized carbons (Fsp3) is 0.500. The summed E-state index contributed by atoms with van der Waals surface area (Å²) in [6.45, 7) is 9.85. The number of halogens is 1. The maximum atomic E-state index is 13.1. The maximum Gasteiger partial charge on any atom is 0.265 e. The van der Waals surface area contributed by atoms with Gasteiger partial charge in [0, 0.05) is 24.2 Å². The number of carbonyl (C=O) groups is 1. The first-order valence-electron chi connectivity index (χ1n) is 9.33. The third-order valence-corrected chi connectivity index (χ3v) is 6.58. The van der Waals surface area contributed by atoms with E-state index in [9.17, 15) is 4.79 Å². The molecule has 1 unspecified atom stereocenters. The smallest absolute Gasteiger partial charge is 0.265 e. The Balaban J connectivity index is 1.83. The van der Waals surface area contributed by atoms with Crippen molar-refractivity contribution in [3.63, 3.8) is 0 Å². The molecule has 5 nitrogen and oxygen atoms in total. The summed E-state index contributed by atoms with van der Waals surface area (Å²) >= 11 is 7.56. The molecule has 1 saturated heterocycles. The Hall–Kier alpha value is -1.63. The Morgan fingerprint density at radius 3 is 2.81 bits per heavy atom. The molecule has 0 radical (unpaired) electrons. The summed E-state index contributed by atoms with van der Waals surface area (Å²) in [7, 11) is 1.62. The Labute approximate surface area is 169 Å². The van der Waals surface area contributed by atoms with Crippen LogP contribution >= 0.6 is 22.9 Å². The number of benzene rings is 1. The highest BCUT2D eigenvalue weighted by Gasteiger charge is 2.31. The van der Waals surface area contributed by atoms with Crippen LogP contribution in [-0.4, -0.2) is 60.0 Å². The van der Waals surface area contributed by atoms with Crippen LogP contribution in [0.5, 0.6) is 5.75 Å². The van der Waals surface area contributed by atoms with E-state index < -0.39 is 0 Å². The number of aromatic nitrogens is 1. The molecule has 1 amide bonds. The van der Waals surface area contributed by atoms with Gasteiger partial charge in [0.1, 0.15) is 15.6 Å². The highest BCUT2D eigenvalue weighted by molar-refractivity contribution is 7.17. The van der Waals surface area contributed by atoms with E-state index in [1.54, 1.807) is 13.2 Å². The van der Waals surface area contributed by atoms with Crippen molar-refractivity contribution in [1.29, 1.82) is 0 Å². The minimum atomic E-state index is 0.0758. The van der Waals surface area contributed by atoms with Crippen LogP contribution in [0, 0.1) is 6.92 Å². The molecule has 1 fully saturated rings. The number of hydrogen-bond donors (Lipinski definition) is 0. The lowest BCUT2D eigenvalue weighted by Gasteiger charge is -2.26. The standard InChI is InChI=1S/C20H26ClN3O2S/c1-5-23(6-2)15-9-10-24(12-15)20(25)18-13(3)22-19(27-18)16-11-14(21)7-8-17(16)26-4/h7-8,11,15H,5-6,9-10,12H2,1-4H3. The molecule has 146 valence electrons. The molecule has 0 spiro atoms. The number of rotatable bonds is 6. The van der Waals surface area contributed by atoms with Gasteiger partial charge in [-0.2, -0.15) is 0 Å². The fourth-order valence-electron chi connectivity index (χ4n) is 3.67. The van der Waals surface area contributed by atoms with Gasteiger partial charge in [-0.15, -0.1) is 11.3 Å². The molecule has 1 aromatic carbocycles. The molecule has 0 bridgehead atoms. The number of aryl methyl sites for hydroxylation is 1. The first kappa shape index (κ1) is 20.1. The summed E-state index contributed by atoms with van der Waals surface area (Å²) in [5.74, 6) is 0.779. The highest BCUT2D eigenvalue weighted by Crippen LogP contribution is 2.37. The third-order valence-electron chi connectivity index (χ3n) is 5.16. The normalized spacial score (nSPS) is 17.0. The Morgan fingerprint density at radius 2 is 2.15 bits per heavy atom. The predicted octanol–water partition coefficient (Wildman–Crippen LogP) is 4.34. The van der Waals surface area contributed by atoms with E-state index in [0.717, 1.165) is 48.9 Å². The van der Waals surface area contributed by atoms with Gasteiger partial charge in [-0.1, -0.05) is 25.4 Å². The first-order chi connectivity index (χ1) is 13.0. The zero-order chi connectivity index (χ0) is 19.6. The van der Waals surface area contributed by atoms with Crippen molar-refractivity contribution < 1.29 is 9.53 Å². The summed E-state index contributed by atoms with van der Waals surface area (Å²) < 4.78 is 5.44. The van der Waals surface area contributed by atoms with Crippen LogP contribution in [0.2, 0.25) is 5.02 Å². The molecule has 27 heavy (non-hydrogen) atoms. The van der Waals surface area contributed by atoms with Crippen molar-refractivity contribution in [1.82, 2.24) is 14.8 Å². The minimum absolute atomic E-state index is 0.0758. The van der Waals surface area contributed by atoms with Gasteiger partial charge >= 0.3 is 0 Å². The van der Waals surface area contributed by atoms with E-state index in [-0.39, 0.29) is 5.91 Å². The largest absolute Gasteiger partial charge is 0.496 e. The van der Waals surface area contributed by atoms with Crippen LogP contribution < -0.4 is 4.74 Å². The monoisotopic (exact) mass is 407 g/mol. The number of amides is 1. The zero-order valence-corrected chi connectivity index (χ0v) is 17.9. The summed E-state index contributed by atoms with van der Waals surface area (Å²) in [5, 5.41) is 1.38. The lowest BCUT2D eigenvalue weighted by atomic mass is 10.2. The second kappa shape index (κ2) is 8.59. The molecule has 2 aromatic rings. The van der Waals surface area contributed by atoms with Crippen LogP contribution in [0.4, 0.5) is 0 Å².